The number of rotatable bonds is 4. The van der Waals surface area contributed by atoms with E-state index in [4.69, 9.17) is 16.3 Å². The Morgan fingerprint density at radius 3 is 2.71 bits per heavy atom. The summed E-state index contributed by atoms with van der Waals surface area (Å²) in [6.45, 7) is 2.01. The Kier molecular flexibility index (Phi) is 5.01. The summed E-state index contributed by atoms with van der Waals surface area (Å²) in [5.41, 5.74) is 2.76. The van der Waals surface area contributed by atoms with Crippen molar-refractivity contribution in [2.75, 3.05) is 12.4 Å². The van der Waals surface area contributed by atoms with E-state index in [1.807, 2.05) is 31.2 Å². The quantitative estimate of drug-likeness (QED) is 0.855. The molecule has 4 heteroatoms. The number of carbonyl (C=O) groups excluding carboxylic acids is 1. The monoisotopic (exact) mass is 301 g/mol. The van der Waals surface area contributed by atoms with Gasteiger partial charge in [0.2, 0.25) is 5.91 Å². The van der Waals surface area contributed by atoms with Crippen LogP contribution in [0.25, 0.3) is 6.08 Å². The topological polar surface area (TPSA) is 38.3 Å². The van der Waals surface area contributed by atoms with Gasteiger partial charge >= 0.3 is 0 Å². The third-order valence-corrected chi connectivity index (χ3v) is 3.18. The first kappa shape index (κ1) is 15.1. The van der Waals surface area contributed by atoms with Crippen LogP contribution < -0.4 is 10.1 Å². The molecule has 0 unspecified atom stereocenters. The van der Waals surface area contributed by atoms with Crippen molar-refractivity contribution in [1.29, 1.82) is 0 Å². The normalized spacial score (nSPS) is 10.6. The van der Waals surface area contributed by atoms with Gasteiger partial charge in [0.25, 0.3) is 0 Å². The maximum atomic E-state index is 11.9. The van der Waals surface area contributed by atoms with Crippen LogP contribution in [-0.4, -0.2) is 13.0 Å². The van der Waals surface area contributed by atoms with E-state index < -0.39 is 0 Å². The predicted octanol–water partition coefficient (Wildman–Crippen LogP) is 4.31. The van der Waals surface area contributed by atoms with Crippen molar-refractivity contribution in [3.05, 3.63) is 64.7 Å². The van der Waals surface area contributed by atoms with Crippen molar-refractivity contribution in [1.82, 2.24) is 0 Å². The lowest BCUT2D eigenvalue weighted by atomic mass is 10.1. The Balaban J connectivity index is 2.03. The Bertz CT molecular complexity index is 680. The van der Waals surface area contributed by atoms with Crippen molar-refractivity contribution in [3.8, 4) is 5.75 Å². The lowest BCUT2D eigenvalue weighted by Gasteiger charge is -2.06. The van der Waals surface area contributed by atoms with E-state index in [0.717, 1.165) is 11.1 Å². The average molecular weight is 302 g/mol. The van der Waals surface area contributed by atoms with Crippen molar-refractivity contribution in [2.45, 2.75) is 6.92 Å². The molecule has 2 aromatic carbocycles. The first-order valence-electron chi connectivity index (χ1n) is 6.48. The van der Waals surface area contributed by atoms with Gasteiger partial charge in [-0.3, -0.25) is 4.79 Å². The third-order valence-electron chi connectivity index (χ3n) is 2.89. The minimum atomic E-state index is -0.210. The number of carbonyl (C=O) groups is 1. The lowest BCUT2D eigenvalue weighted by molar-refractivity contribution is -0.111. The fraction of sp³-hybridized carbons (Fsp3) is 0.118. The van der Waals surface area contributed by atoms with Gasteiger partial charge in [-0.1, -0.05) is 41.4 Å². The number of nitrogens with one attached hydrogen (secondary N) is 1. The molecule has 0 atom stereocenters. The number of anilines is 1. The maximum Gasteiger partial charge on any atom is 0.248 e. The highest BCUT2D eigenvalue weighted by Crippen LogP contribution is 2.27. The number of hydrogen-bond acceptors (Lipinski definition) is 2. The zero-order valence-electron chi connectivity index (χ0n) is 11.9. The highest BCUT2D eigenvalue weighted by Gasteiger charge is 2.03. The first-order valence-corrected chi connectivity index (χ1v) is 6.85. The molecule has 21 heavy (non-hydrogen) atoms. The molecular weight excluding hydrogens is 286 g/mol. The van der Waals surface area contributed by atoms with Crippen molar-refractivity contribution < 1.29 is 9.53 Å². The van der Waals surface area contributed by atoms with Crippen molar-refractivity contribution >= 4 is 29.3 Å². The molecule has 0 aliphatic carbocycles. The van der Waals surface area contributed by atoms with Gasteiger partial charge in [-0.05, 0) is 36.8 Å². The number of methoxy groups -OCH3 is 1. The lowest BCUT2D eigenvalue weighted by Crippen LogP contribution is -2.07. The van der Waals surface area contributed by atoms with Crippen LogP contribution in [0.1, 0.15) is 11.1 Å². The fourth-order valence-electron chi connectivity index (χ4n) is 1.87. The molecule has 0 bridgehead atoms. The van der Waals surface area contributed by atoms with Gasteiger partial charge in [0.05, 0.1) is 12.1 Å². The van der Waals surface area contributed by atoms with Crippen molar-refractivity contribution in [2.24, 2.45) is 0 Å². The summed E-state index contributed by atoms with van der Waals surface area (Å²) in [5, 5.41) is 3.21. The van der Waals surface area contributed by atoms with Gasteiger partial charge in [0, 0.05) is 11.8 Å². The standard InChI is InChI=1S/C17H16ClNO2/c1-12-4-3-5-13(10-12)6-9-17(20)19-14-7-8-16(21-2)15(18)11-14/h3-11H,1-2H3,(H,19,20)/b9-6+. The zero-order chi connectivity index (χ0) is 15.2. The molecule has 0 aliphatic heterocycles. The second-order valence-electron chi connectivity index (χ2n) is 4.59. The van der Waals surface area contributed by atoms with Gasteiger partial charge in [0.1, 0.15) is 5.75 Å². The number of amides is 1. The van der Waals surface area contributed by atoms with Crippen LogP contribution in [0.15, 0.2) is 48.5 Å². The molecule has 0 heterocycles. The van der Waals surface area contributed by atoms with Crippen molar-refractivity contribution in [3.63, 3.8) is 0 Å². The Hall–Kier alpha value is -2.26. The summed E-state index contributed by atoms with van der Waals surface area (Å²) < 4.78 is 5.06. The summed E-state index contributed by atoms with van der Waals surface area (Å²) in [7, 11) is 1.55. The molecule has 2 aromatic rings. The van der Waals surface area contributed by atoms with Gasteiger partial charge < -0.3 is 10.1 Å². The molecule has 0 aliphatic rings. The van der Waals surface area contributed by atoms with E-state index in [0.29, 0.717) is 16.5 Å². The number of halogens is 1. The van der Waals surface area contributed by atoms with E-state index in [9.17, 15) is 4.79 Å². The molecule has 0 spiro atoms. The molecule has 1 N–H and O–H groups in total. The Morgan fingerprint density at radius 1 is 1.24 bits per heavy atom. The molecule has 0 aromatic heterocycles. The summed E-state index contributed by atoms with van der Waals surface area (Å²) in [5.74, 6) is 0.364. The van der Waals surface area contributed by atoms with E-state index in [-0.39, 0.29) is 5.91 Å². The van der Waals surface area contributed by atoms with Crippen LogP contribution in [0.4, 0.5) is 5.69 Å². The minimum Gasteiger partial charge on any atom is -0.495 e. The highest BCUT2D eigenvalue weighted by molar-refractivity contribution is 6.32. The van der Waals surface area contributed by atoms with E-state index in [1.165, 1.54) is 6.08 Å². The predicted molar refractivity (Wildman–Crippen MR) is 86.8 cm³/mol. The van der Waals surface area contributed by atoms with Crippen LogP contribution in [0.2, 0.25) is 5.02 Å². The molecule has 108 valence electrons. The molecule has 0 saturated heterocycles. The number of ether oxygens (including phenoxy) is 1. The number of aryl methyl sites for hydroxylation is 1. The smallest absolute Gasteiger partial charge is 0.248 e. The molecule has 0 saturated carbocycles. The second-order valence-corrected chi connectivity index (χ2v) is 4.99. The third kappa shape index (κ3) is 4.36. The largest absolute Gasteiger partial charge is 0.495 e. The van der Waals surface area contributed by atoms with Crippen LogP contribution in [-0.2, 0) is 4.79 Å². The zero-order valence-corrected chi connectivity index (χ0v) is 12.6. The SMILES string of the molecule is COc1ccc(NC(=O)/C=C/c2cccc(C)c2)cc1Cl. The van der Waals surface area contributed by atoms with Crippen LogP contribution >= 0.6 is 11.6 Å². The summed E-state index contributed by atoms with van der Waals surface area (Å²) in [4.78, 5) is 11.9. The molecule has 3 nitrogen and oxygen atoms in total. The molecule has 0 radical (unpaired) electrons. The maximum absolute atomic E-state index is 11.9. The fourth-order valence-corrected chi connectivity index (χ4v) is 2.13. The summed E-state index contributed by atoms with van der Waals surface area (Å²) in [6, 6.07) is 13.0. The van der Waals surface area contributed by atoms with E-state index in [1.54, 1.807) is 31.4 Å². The second kappa shape index (κ2) is 6.95. The number of benzene rings is 2. The minimum absolute atomic E-state index is 0.210. The molecule has 0 fully saturated rings. The van der Waals surface area contributed by atoms with E-state index >= 15 is 0 Å². The van der Waals surface area contributed by atoms with Crippen LogP contribution in [0, 0.1) is 6.92 Å². The summed E-state index contributed by atoms with van der Waals surface area (Å²) in [6.07, 6.45) is 3.26. The van der Waals surface area contributed by atoms with Gasteiger partial charge in [-0.15, -0.1) is 0 Å². The van der Waals surface area contributed by atoms with Gasteiger partial charge in [-0.2, -0.15) is 0 Å². The molecule has 1 amide bonds. The Morgan fingerprint density at radius 2 is 2.05 bits per heavy atom. The average Bonchev–Trinajstić information content (AvgIpc) is 2.45. The van der Waals surface area contributed by atoms with Gasteiger partial charge in [0.15, 0.2) is 0 Å². The molecular formula is C17H16ClNO2. The van der Waals surface area contributed by atoms with Gasteiger partial charge in [-0.25, -0.2) is 0 Å². The first-order chi connectivity index (χ1) is 10.1. The molecule has 2 rings (SSSR count). The Labute approximate surface area is 129 Å². The number of hydrogen-bond donors (Lipinski definition) is 1. The van der Waals surface area contributed by atoms with Crippen LogP contribution in [0.3, 0.4) is 0 Å². The van der Waals surface area contributed by atoms with Crippen LogP contribution in [0.5, 0.6) is 5.75 Å². The highest BCUT2D eigenvalue weighted by atomic mass is 35.5. The summed E-state index contributed by atoms with van der Waals surface area (Å²) >= 11 is 6.01. The van der Waals surface area contributed by atoms with E-state index in [2.05, 4.69) is 5.32 Å².